The van der Waals surface area contributed by atoms with Gasteiger partial charge in [-0.2, -0.15) is 0 Å². The van der Waals surface area contributed by atoms with Crippen LogP contribution < -0.4 is 10.1 Å². The zero-order chi connectivity index (χ0) is 21.7. The SMILES string of the molecule is CN=C(NCc1cccc(OCCCOC)c1)N1CCC(COCc2ccccc2)C1. The Kier molecular flexibility index (Phi) is 9.67. The van der Waals surface area contributed by atoms with Crippen molar-refractivity contribution in [2.75, 3.05) is 47.1 Å². The summed E-state index contributed by atoms with van der Waals surface area (Å²) in [5.74, 6) is 2.37. The van der Waals surface area contributed by atoms with Gasteiger partial charge < -0.3 is 24.4 Å². The van der Waals surface area contributed by atoms with Crippen LogP contribution in [0.2, 0.25) is 0 Å². The van der Waals surface area contributed by atoms with Crippen molar-refractivity contribution in [1.29, 1.82) is 0 Å². The van der Waals surface area contributed by atoms with Crippen molar-refractivity contribution >= 4 is 5.96 Å². The molecule has 0 aromatic heterocycles. The molecule has 2 aromatic rings. The lowest BCUT2D eigenvalue weighted by atomic mass is 10.1. The normalized spacial score (nSPS) is 16.5. The average Bonchev–Trinajstić information content (AvgIpc) is 3.27. The second-order valence-corrected chi connectivity index (χ2v) is 7.84. The molecule has 1 heterocycles. The van der Waals surface area contributed by atoms with Gasteiger partial charge in [0, 0.05) is 52.7 Å². The van der Waals surface area contributed by atoms with Crippen LogP contribution in [0.5, 0.6) is 5.75 Å². The first-order valence-electron chi connectivity index (χ1n) is 11.1. The average molecular weight is 426 g/mol. The van der Waals surface area contributed by atoms with Gasteiger partial charge in [0.1, 0.15) is 5.75 Å². The molecule has 0 aliphatic carbocycles. The highest BCUT2D eigenvalue weighted by Gasteiger charge is 2.24. The molecule has 6 nitrogen and oxygen atoms in total. The van der Waals surface area contributed by atoms with E-state index in [9.17, 15) is 0 Å². The van der Waals surface area contributed by atoms with Crippen LogP contribution in [0, 0.1) is 5.92 Å². The van der Waals surface area contributed by atoms with Gasteiger partial charge in [-0.25, -0.2) is 0 Å². The largest absolute Gasteiger partial charge is 0.493 e. The summed E-state index contributed by atoms with van der Waals surface area (Å²) < 4.78 is 16.8. The molecule has 0 saturated carbocycles. The van der Waals surface area contributed by atoms with Crippen LogP contribution in [0.1, 0.15) is 24.0 Å². The Labute approximate surface area is 186 Å². The van der Waals surface area contributed by atoms with Crippen molar-refractivity contribution in [3.8, 4) is 5.75 Å². The first-order chi connectivity index (χ1) is 15.3. The number of likely N-dealkylation sites (tertiary alicyclic amines) is 1. The van der Waals surface area contributed by atoms with E-state index < -0.39 is 0 Å². The van der Waals surface area contributed by atoms with Crippen molar-refractivity contribution < 1.29 is 14.2 Å². The number of hydrogen-bond donors (Lipinski definition) is 1. The fourth-order valence-corrected chi connectivity index (χ4v) is 3.73. The van der Waals surface area contributed by atoms with Gasteiger partial charge in [0.2, 0.25) is 0 Å². The molecule has 0 spiro atoms. The van der Waals surface area contributed by atoms with Gasteiger partial charge in [-0.15, -0.1) is 0 Å². The van der Waals surface area contributed by atoms with Crippen LogP contribution in [0.4, 0.5) is 0 Å². The maximum absolute atomic E-state index is 5.95. The number of aliphatic imine (C=N–C) groups is 1. The molecule has 31 heavy (non-hydrogen) atoms. The van der Waals surface area contributed by atoms with Crippen LogP contribution in [0.3, 0.4) is 0 Å². The number of rotatable bonds is 11. The Balaban J connectivity index is 1.40. The second kappa shape index (κ2) is 13.0. The maximum Gasteiger partial charge on any atom is 0.193 e. The number of ether oxygens (including phenoxy) is 3. The molecule has 1 aliphatic rings. The zero-order valence-electron chi connectivity index (χ0n) is 18.8. The molecular weight excluding hydrogens is 390 g/mol. The summed E-state index contributed by atoms with van der Waals surface area (Å²) in [5.41, 5.74) is 2.40. The molecule has 168 valence electrons. The van der Waals surface area contributed by atoms with E-state index in [1.165, 1.54) is 11.1 Å². The fourth-order valence-electron chi connectivity index (χ4n) is 3.73. The van der Waals surface area contributed by atoms with E-state index in [4.69, 9.17) is 14.2 Å². The van der Waals surface area contributed by atoms with Crippen molar-refractivity contribution in [2.24, 2.45) is 10.9 Å². The first-order valence-corrected chi connectivity index (χ1v) is 11.1. The summed E-state index contributed by atoms with van der Waals surface area (Å²) >= 11 is 0. The smallest absolute Gasteiger partial charge is 0.193 e. The monoisotopic (exact) mass is 425 g/mol. The number of nitrogens with one attached hydrogen (secondary N) is 1. The Hall–Kier alpha value is -2.57. The first kappa shape index (κ1) is 23.1. The van der Waals surface area contributed by atoms with Crippen LogP contribution in [-0.2, 0) is 22.6 Å². The molecule has 0 bridgehead atoms. The van der Waals surface area contributed by atoms with Crippen molar-refractivity contribution in [2.45, 2.75) is 26.0 Å². The highest BCUT2D eigenvalue weighted by atomic mass is 16.5. The Bertz CT molecular complexity index is 798. The minimum absolute atomic E-state index is 0.533. The Morgan fingerprint density at radius 1 is 1.10 bits per heavy atom. The lowest BCUT2D eigenvalue weighted by molar-refractivity contribution is 0.0906. The van der Waals surface area contributed by atoms with Crippen LogP contribution in [0.15, 0.2) is 59.6 Å². The Morgan fingerprint density at radius 2 is 1.94 bits per heavy atom. The van der Waals surface area contributed by atoms with Gasteiger partial charge >= 0.3 is 0 Å². The van der Waals surface area contributed by atoms with E-state index in [0.717, 1.165) is 44.2 Å². The van der Waals surface area contributed by atoms with Gasteiger partial charge in [0.15, 0.2) is 5.96 Å². The number of nitrogens with zero attached hydrogens (tertiary/aromatic N) is 2. The van der Waals surface area contributed by atoms with E-state index in [-0.39, 0.29) is 0 Å². The maximum atomic E-state index is 5.95. The number of methoxy groups -OCH3 is 1. The molecule has 0 amide bonds. The summed E-state index contributed by atoms with van der Waals surface area (Å²) in [6.07, 6.45) is 2.01. The predicted octanol–water partition coefficient (Wildman–Crippen LogP) is 3.72. The van der Waals surface area contributed by atoms with Crippen molar-refractivity contribution in [3.63, 3.8) is 0 Å². The summed E-state index contributed by atoms with van der Waals surface area (Å²) in [6.45, 7) is 5.52. The van der Waals surface area contributed by atoms with E-state index in [1.807, 2.05) is 25.2 Å². The molecule has 1 fully saturated rings. The zero-order valence-corrected chi connectivity index (χ0v) is 18.8. The van der Waals surface area contributed by atoms with E-state index in [2.05, 4.69) is 51.6 Å². The number of hydrogen-bond acceptors (Lipinski definition) is 4. The van der Waals surface area contributed by atoms with Crippen LogP contribution in [0.25, 0.3) is 0 Å². The van der Waals surface area contributed by atoms with Crippen LogP contribution in [-0.4, -0.2) is 57.9 Å². The van der Waals surface area contributed by atoms with Crippen molar-refractivity contribution in [1.82, 2.24) is 10.2 Å². The molecule has 6 heteroatoms. The van der Waals surface area contributed by atoms with Gasteiger partial charge in [-0.05, 0) is 29.7 Å². The second-order valence-electron chi connectivity index (χ2n) is 7.84. The molecule has 1 saturated heterocycles. The fraction of sp³-hybridized carbons (Fsp3) is 0.480. The van der Waals surface area contributed by atoms with E-state index >= 15 is 0 Å². The highest BCUT2D eigenvalue weighted by molar-refractivity contribution is 5.80. The van der Waals surface area contributed by atoms with Gasteiger partial charge in [-0.3, -0.25) is 4.99 Å². The number of benzene rings is 2. The topological polar surface area (TPSA) is 55.3 Å². The standard InChI is InChI=1S/C25H35N3O3/c1-26-25(27-17-22-10-6-11-24(16-22)31-15-7-14-29-2)28-13-12-23(18-28)20-30-19-21-8-4-3-5-9-21/h3-6,8-11,16,23H,7,12-15,17-20H2,1-2H3,(H,26,27). The van der Waals surface area contributed by atoms with Crippen molar-refractivity contribution in [3.05, 3.63) is 65.7 Å². The predicted molar refractivity (Wildman–Crippen MR) is 124 cm³/mol. The Morgan fingerprint density at radius 3 is 2.74 bits per heavy atom. The molecule has 1 N–H and O–H groups in total. The highest BCUT2D eigenvalue weighted by Crippen LogP contribution is 2.18. The van der Waals surface area contributed by atoms with Gasteiger partial charge in [0.05, 0.1) is 19.8 Å². The number of guanidine groups is 1. The third-order valence-electron chi connectivity index (χ3n) is 5.37. The summed E-state index contributed by atoms with van der Waals surface area (Å²) in [5, 5.41) is 3.49. The lowest BCUT2D eigenvalue weighted by Crippen LogP contribution is -2.39. The molecule has 1 aliphatic heterocycles. The third-order valence-corrected chi connectivity index (χ3v) is 5.37. The van der Waals surface area contributed by atoms with E-state index in [0.29, 0.717) is 32.3 Å². The molecule has 0 radical (unpaired) electrons. The molecule has 1 unspecified atom stereocenters. The molecule has 2 aromatic carbocycles. The van der Waals surface area contributed by atoms with Crippen LogP contribution >= 0.6 is 0 Å². The third kappa shape index (κ3) is 7.89. The van der Waals surface area contributed by atoms with E-state index in [1.54, 1.807) is 7.11 Å². The van der Waals surface area contributed by atoms with Gasteiger partial charge in [0.25, 0.3) is 0 Å². The molecule has 3 rings (SSSR count). The minimum atomic E-state index is 0.533. The summed E-state index contributed by atoms with van der Waals surface area (Å²) in [7, 11) is 3.55. The van der Waals surface area contributed by atoms with Gasteiger partial charge in [-0.1, -0.05) is 42.5 Å². The molecule has 1 atom stereocenters. The minimum Gasteiger partial charge on any atom is -0.493 e. The molecular formula is C25H35N3O3. The quantitative estimate of drug-likeness (QED) is 0.338. The summed E-state index contributed by atoms with van der Waals surface area (Å²) in [4.78, 5) is 6.81. The summed E-state index contributed by atoms with van der Waals surface area (Å²) in [6, 6.07) is 18.5. The lowest BCUT2D eigenvalue weighted by Gasteiger charge is -2.22.